The SMILES string of the molecule is Cc1cccc(C(=O)OC(C(=O)O)(C(=O)c2cccc(C)c2)C(O)C(=O)O)c1. The molecule has 0 saturated carbocycles. The third kappa shape index (κ3) is 3.91. The molecule has 2 aromatic rings. The van der Waals surface area contributed by atoms with Gasteiger partial charge in [0.05, 0.1) is 5.56 Å². The van der Waals surface area contributed by atoms with Gasteiger partial charge in [-0.15, -0.1) is 0 Å². The van der Waals surface area contributed by atoms with Crippen LogP contribution in [0.15, 0.2) is 48.5 Å². The van der Waals surface area contributed by atoms with Crippen molar-refractivity contribution in [2.24, 2.45) is 0 Å². The fraction of sp³-hybridized carbons (Fsp3) is 0.200. The third-order valence-electron chi connectivity index (χ3n) is 4.06. The van der Waals surface area contributed by atoms with Crippen LogP contribution in [0.4, 0.5) is 0 Å². The standard InChI is InChI=1S/C20H18O8/c1-11-5-3-7-13(9-11)15(21)20(19(26)27,16(22)17(23)24)28-18(25)14-8-4-6-12(2)10-14/h3-10,16,22H,1-2H3,(H,23,24)(H,26,27). The number of aliphatic hydroxyl groups excluding tert-OH is 1. The van der Waals surface area contributed by atoms with Crippen LogP contribution in [0.25, 0.3) is 0 Å². The highest BCUT2D eigenvalue weighted by Crippen LogP contribution is 2.26. The molecular formula is C20H18O8. The fourth-order valence-electron chi connectivity index (χ4n) is 2.64. The Morgan fingerprint density at radius 1 is 0.893 bits per heavy atom. The minimum Gasteiger partial charge on any atom is -0.479 e. The highest BCUT2D eigenvalue weighted by atomic mass is 16.6. The summed E-state index contributed by atoms with van der Waals surface area (Å²) in [5, 5.41) is 28.9. The Bertz CT molecular complexity index is 949. The summed E-state index contributed by atoms with van der Waals surface area (Å²) in [4.78, 5) is 48.8. The maximum Gasteiger partial charge on any atom is 0.360 e. The molecule has 0 radical (unpaired) electrons. The van der Waals surface area contributed by atoms with Gasteiger partial charge < -0.3 is 20.1 Å². The largest absolute Gasteiger partial charge is 0.479 e. The van der Waals surface area contributed by atoms with Gasteiger partial charge in [0.1, 0.15) is 0 Å². The molecule has 28 heavy (non-hydrogen) atoms. The van der Waals surface area contributed by atoms with Crippen LogP contribution in [0.2, 0.25) is 0 Å². The van der Waals surface area contributed by atoms with Crippen molar-refractivity contribution < 1.29 is 39.2 Å². The van der Waals surface area contributed by atoms with Crippen molar-refractivity contribution in [2.75, 3.05) is 0 Å². The zero-order chi connectivity index (χ0) is 21.1. The van der Waals surface area contributed by atoms with Gasteiger partial charge >= 0.3 is 23.5 Å². The molecule has 0 aliphatic rings. The van der Waals surface area contributed by atoms with Crippen LogP contribution >= 0.6 is 0 Å². The average Bonchev–Trinajstić information content (AvgIpc) is 2.64. The van der Waals surface area contributed by atoms with E-state index >= 15 is 0 Å². The number of benzene rings is 2. The van der Waals surface area contributed by atoms with Crippen molar-refractivity contribution in [3.63, 3.8) is 0 Å². The van der Waals surface area contributed by atoms with Crippen LogP contribution in [0.1, 0.15) is 31.8 Å². The van der Waals surface area contributed by atoms with Crippen molar-refractivity contribution in [2.45, 2.75) is 25.6 Å². The van der Waals surface area contributed by atoms with Gasteiger partial charge in [-0.1, -0.05) is 41.5 Å². The van der Waals surface area contributed by atoms with Crippen LogP contribution in [0.3, 0.4) is 0 Å². The number of hydrogen-bond acceptors (Lipinski definition) is 6. The summed E-state index contributed by atoms with van der Waals surface area (Å²) in [6.07, 6.45) is -2.83. The predicted octanol–water partition coefficient (Wildman–Crippen LogP) is 1.61. The summed E-state index contributed by atoms with van der Waals surface area (Å²) >= 11 is 0. The Morgan fingerprint density at radius 3 is 1.86 bits per heavy atom. The molecule has 2 rings (SSSR count). The molecule has 0 aromatic heterocycles. The molecule has 0 spiro atoms. The first-order valence-electron chi connectivity index (χ1n) is 8.15. The lowest BCUT2D eigenvalue weighted by Gasteiger charge is -2.30. The normalized spacial score (nSPS) is 13.8. The number of hydrogen-bond donors (Lipinski definition) is 3. The van der Waals surface area contributed by atoms with Gasteiger partial charge in [-0.25, -0.2) is 14.4 Å². The lowest BCUT2D eigenvalue weighted by molar-refractivity contribution is -0.176. The monoisotopic (exact) mass is 386 g/mol. The second-order valence-corrected chi connectivity index (χ2v) is 6.24. The number of aryl methyl sites for hydroxylation is 2. The second-order valence-electron chi connectivity index (χ2n) is 6.24. The molecule has 0 saturated heterocycles. The molecule has 0 heterocycles. The number of rotatable bonds is 7. The van der Waals surface area contributed by atoms with E-state index in [1.165, 1.54) is 36.4 Å². The molecule has 0 amide bonds. The van der Waals surface area contributed by atoms with E-state index in [2.05, 4.69) is 0 Å². The highest BCUT2D eigenvalue weighted by Gasteiger charge is 2.59. The number of ketones is 1. The minimum absolute atomic E-state index is 0.0970. The number of carbonyl (C=O) groups is 4. The van der Waals surface area contributed by atoms with Crippen LogP contribution in [0, 0.1) is 13.8 Å². The average molecular weight is 386 g/mol. The van der Waals surface area contributed by atoms with Gasteiger partial charge in [0.15, 0.2) is 0 Å². The van der Waals surface area contributed by atoms with Crippen molar-refractivity contribution in [3.05, 3.63) is 70.8 Å². The molecule has 0 aliphatic heterocycles. The molecule has 0 bridgehead atoms. The number of aliphatic carboxylic acids is 2. The molecule has 0 fully saturated rings. The summed E-state index contributed by atoms with van der Waals surface area (Å²) in [7, 11) is 0. The molecule has 2 unspecified atom stereocenters. The Hall–Kier alpha value is -3.52. The van der Waals surface area contributed by atoms with Gasteiger partial charge in [0.25, 0.3) is 0 Å². The summed E-state index contributed by atoms with van der Waals surface area (Å²) in [5.74, 6) is -6.75. The molecule has 2 aromatic carbocycles. The van der Waals surface area contributed by atoms with Gasteiger partial charge in [-0.05, 0) is 32.0 Å². The summed E-state index contributed by atoms with van der Waals surface area (Å²) < 4.78 is 4.90. The van der Waals surface area contributed by atoms with Crippen molar-refractivity contribution >= 4 is 23.7 Å². The highest BCUT2D eigenvalue weighted by molar-refractivity contribution is 6.19. The van der Waals surface area contributed by atoms with E-state index in [1.54, 1.807) is 26.0 Å². The number of Topliss-reactive ketones (excluding diaryl/α,β-unsaturated/α-hetero) is 1. The minimum atomic E-state index is -3.36. The van der Waals surface area contributed by atoms with Crippen LogP contribution < -0.4 is 0 Å². The zero-order valence-electron chi connectivity index (χ0n) is 15.1. The number of carboxylic acids is 2. The maximum atomic E-state index is 13.0. The molecular weight excluding hydrogens is 368 g/mol. The van der Waals surface area contributed by atoms with Crippen molar-refractivity contribution in [1.82, 2.24) is 0 Å². The van der Waals surface area contributed by atoms with Crippen LogP contribution in [-0.4, -0.2) is 50.7 Å². The first kappa shape index (κ1) is 20.8. The number of aliphatic hydroxyl groups is 1. The lowest BCUT2D eigenvalue weighted by Crippen LogP contribution is -2.61. The van der Waals surface area contributed by atoms with E-state index in [0.29, 0.717) is 11.1 Å². The summed E-state index contributed by atoms with van der Waals surface area (Å²) in [6.45, 7) is 3.30. The first-order valence-corrected chi connectivity index (χ1v) is 8.15. The number of carbonyl (C=O) groups excluding carboxylic acids is 2. The smallest absolute Gasteiger partial charge is 0.360 e. The Morgan fingerprint density at radius 2 is 1.39 bits per heavy atom. The summed E-state index contributed by atoms with van der Waals surface area (Å²) in [6, 6.07) is 11.5. The first-order chi connectivity index (χ1) is 13.1. The Labute approximate surface area is 160 Å². The predicted molar refractivity (Wildman–Crippen MR) is 96.1 cm³/mol. The van der Waals surface area contributed by atoms with Crippen LogP contribution in [0.5, 0.6) is 0 Å². The molecule has 0 aliphatic carbocycles. The zero-order valence-corrected chi connectivity index (χ0v) is 15.1. The van der Waals surface area contributed by atoms with E-state index < -0.39 is 35.4 Å². The van der Waals surface area contributed by atoms with Gasteiger partial charge in [-0.3, -0.25) is 4.79 Å². The maximum absolute atomic E-state index is 13.0. The quantitative estimate of drug-likeness (QED) is 0.371. The van der Waals surface area contributed by atoms with E-state index in [9.17, 15) is 34.5 Å². The lowest BCUT2D eigenvalue weighted by atomic mass is 9.86. The molecule has 8 nitrogen and oxygen atoms in total. The summed E-state index contributed by atoms with van der Waals surface area (Å²) in [5.41, 5.74) is -2.44. The number of ether oxygens (including phenoxy) is 1. The number of esters is 1. The number of carboxylic acid groups (broad SMARTS) is 2. The topological polar surface area (TPSA) is 138 Å². The van der Waals surface area contributed by atoms with Gasteiger partial charge in [-0.2, -0.15) is 0 Å². The Kier molecular flexibility index (Phi) is 5.95. The molecule has 8 heteroatoms. The van der Waals surface area contributed by atoms with Crippen molar-refractivity contribution in [3.8, 4) is 0 Å². The Balaban J connectivity index is 2.60. The van der Waals surface area contributed by atoms with E-state index in [0.717, 1.165) is 0 Å². The third-order valence-corrected chi connectivity index (χ3v) is 4.06. The van der Waals surface area contributed by atoms with E-state index in [1.807, 2.05) is 0 Å². The van der Waals surface area contributed by atoms with E-state index in [-0.39, 0.29) is 11.1 Å². The fourth-order valence-corrected chi connectivity index (χ4v) is 2.64. The van der Waals surface area contributed by atoms with Gasteiger partial charge in [0.2, 0.25) is 11.9 Å². The van der Waals surface area contributed by atoms with Crippen LogP contribution in [-0.2, 0) is 14.3 Å². The molecule has 2 atom stereocenters. The second kappa shape index (κ2) is 8.01. The molecule has 146 valence electrons. The van der Waals surface area contributed by atoms with E-state index in [4.69, 9.17) is 4.74 Å². The van der Waals surface area contributed by atoms with Gasteiger partial charge in [0, 0.05) is 5.56 Å². The molecule has 3 N–H and O–H groups in total. The van der Waals surface area contributed by atoms with Crippen molar-refractivity contribution in [1.29, 1.82) is 0 Å².